The van der Waals surface area contributed by atoms with Crippen LogP contribution in [0.5, 0.6) is 11.5 Å². The molecule has 0 bridgehead atoms. The van der Waals surface area contributed by atoms with E-state index in [1.807, 2.05) is 77.1 Å². The van der Waals surface area contributed by atoms with E-state index in [0.717, 1.165) is 28.5 Å². The van der Waals surface area contributed by atoms with Crippen molar-refractivity contribution in [3.8, 4) is 22.8 Å². The molecule has 4 rings (SSSR count). The number of imidazole rings is 1. The zero-order chi connectivity index (χ0) is 18.8. The molecule has 0 radical (unpaired) electrons. The van der Waals surface area contributed by atoms with E-state index >= 15 is 0 Å². The molecular formula is C21H20N4O2. The number of ether oxygens (including phenoxy) is 2. The molecule has 0 N–H and O–H groups in total. The van der Waals surface area contributed by atoms with Gasteiger partial charge in [-0.05, 0) is 30.3 Å². The van der Waals surface area contributed by atoms with Gasteiger partial charge in [-0.3, -0.25) is 4.40 Å². The molecule has 6 heteroatoms. The molecule has 2 heterocycles. The summed E-state index contributed by atoms with van der Waals surface area (Å²) >= 11 is 0. The Hall–Kier alpha value is -3.54. The molecule has 27 heavy (non-hydrogen) atoms. The minimum Gasteiger partial charge on any atom is -0.493 e. The van der Waals surface area contributed by atoms with Crippen molar-refractivity contribution in [3.63, 3.8) is 0 Å². The van der Waals surface area contributed by atoms with E-state index < -0.39 is 0 Å². The van der Waals surface area contributed by atoms with Gasteiger partial charge in [0.1, 0.15) is 5.65 Å². The SMILES string of the molecule is COc1ccc(-c2cc3nccn3c(N(C)c3ccccc3)n2)cc1OC. The molecule has 0 saturated heterocycles. The van der Waals surface area contributed by atoms with Gasteiger partial charge in [0, 0.05) is 36.8 Å². The van der Waals surface area contributed by atoms with Gasteiger partial charge in [0.2, 0.25) is 5.95 Å². The number of methoxy groups -OCH3 is 2. The highest BCUT2D eigenvalue weighted by Gasteiger charge is 2.14. The van der Waals surface area contributed by atoms with Gasteiger partial charge in [0.25, 0.3) is 0 Å². The molecule has 0 spiro atoms. The fourth-order valence-electron chi connectivity index (χ4n) is 3.05. The van der Waals surface area contributed by atoms with E-state index in [-0.39, 0.29) is 0 Å². The van der Waals surface area contributed by atoms with Gasteiger partial charge >= 0.3 is 0 Å². The van der Waals surface area contributed by atoms with Gasteiger partial charge in [-0.1, -0.05) is 18.2 Å². The molecule has 0 amide bonds. The van der Waals surface area contributed by atoms with Crippen LogP contribution < -0.4 is 14.4 Å². The van der Waals surface area contributed by atoms with Crippen LogP contribution in [0, 0.1) is 0 Å². The lowest BCUT2D eigenvalue weighted by molar-refractivity contribution is 0.355. The smallest absolute Gasteiger partial charge is 0.216 e. The molecule has 0 atom stereocenters. The minimum atomic E-state index is 0.665. The van der Waals surface area contributed by atoms with E-state index in [9.17, 15) is 0 Å². The van der Waals surface area contributed by atoms with Crippen LogP contribution in [-0.2, 0) is 0 Å². The predicted molar refractivity (Wildman–Crippen MR) is 106 cm³/mol. The highest BCUT2D eigenvalue weighted by Crippen LogP contribution is 2.33. The summed E-state index contributed by atoms with van der Waals surface area (Å²) < 4.78 is 12.7. The Morgan fingerprint density at radius 2 is 1.70 bits per heavy atom. The maximum atomic E-state index is 5.43. The molecule has 4 aromatic rings. The largest absolute Gasteiger partial charge is 0.493 e. The van der Waals surface area contributed by atoms with Crippen LogP contribution in [-0.4, -0.2) is 35.6 Å². The number of rotatable bonds is 5. The molecule has 0 fully saturated rings. The number of anilines is 2. The molecule has 6 nitrogen and oxygen atoms in total. The van der Waals surface area contributed by atoms with Crippen LogP contribution in [0.15, 0.2) is 67.0 Å². The molecule has 0 aliphatic rings. The number of hydrogen-bond acceptors (Lipinski definition) is 5. The summed E-state index contributed by atoms with van der Waals surface area (Å²) in [5.74, 6) is 2.13. The number of benzene rings is 2. The molecule has 0 saturated carbocycles. The number of para-hydroxylation sites is 1. The summed E-state index contributed by atoms with van der Waals surface area (Å²) in [6.07, 6.45) is 3.69. The van der Waals surface area contributed by atoms with Gasteiger partial charge in [-0.25, -0.2) is 9.97 Å². The van der Waals surface area contributed by atoms with E-state index in [0.29, 0.717) is 11.5 Å². The molecule has 136 valence electrons. The Kier molecular flexibility index (Phi) is 4.38. The summed E-state index contributed by atoms with van der Waals surface area (Å²) in [7, 11) is 5.25. The molecule has 0 aliphatic heterocycles. The monoisotopic (exact) mass is 360 g/mol. The Balaban J connectivity index is 1.86. The Labute approximate surface area is 157 Å². The van der Waals surface area contributed by atoms with Crippen LogP contribution >= 0.6 is 0 Å². The zero-order valence-corrected chi connectivity index (χ0v) is 15.5. The summed E-state index contributed by atoms with van der Waals surface area (Å²) in [6, 6.07) is 17.8. The summed E-state index contributed by atoms with van der Waals surface area (Å²) in [6.45, 7) is 0. The molecule has 2 aromatic carbocycles. The third kappa shape index (κ3) is 3.06. The number of fused-ring (bicyclic) bond motifs is 1. The van der Waals surface area contributed by atoms with Crippen molar-refractivity contribution in [2.75, 3.05) is 26.2 Å². The fourth-order valence-corrected chi connectivity index (χ4v) is 3.05. The van der Waals surface area contributed by atoms with Crippen LogP contribution in [0.4, 0.5) is 11.6 Å². The topological polar surface area (TPSA) is 51.9 Å². The quantitative estimate of drug-likeness (QED) is 0.534. The van der Waals surface area contributed by atoms with Crippen molar-refractivity contribution in [2.24, 2.45) is 0 Å². The minimum absolute atomic E-state index is 0.665. The fraction of sp³-hybridized carbons (Fsp3) is 0.143. The van der Waals surface area contributed by atoms with Crippen LogP contribution in [0.1, 0.15) is 0 Å². The normalized spacial score (nSPS) is 10.8. The maximum Gasteiger partial charge on any atom is 0.216 e. The number of aromatic nitrogens is 3. The Morgan fingerprint density at radius 3 is 2.44 bits per heavy atom. The molecule has 2 aromatic heterocycles. The summed E-state index contributed by atoms with van der Waals surface area (Å²) in [5.41, 5.74) is 3.62. The van der Waals surface area contributed by atoms with Crippen molar-refractivity contribution in [2.45, 2.75) is 0 Å². The highest BCUT2D eigenvalue weighted by atomic mass is 16.5. The van der Waals surface area contributed by atoms with Gasteiger partial charge in [0.15, 0.2) is 11.5 Å². The standard InChI is InChI=1S/C21H20N4O2/c1-24(16-7-5-4-6-8-16)21-23-17(14-20-22-11-12-25(20)21)15-9-10-18(26-2)19(13-15)27-3/h4-14H,1-3H3. The van der Waals surface area contributed by atoms with E-state index in [1.165, 1.54) is 0 Å². The first kappa shape index (κ1) is 16.9. The first-order chi connectivity index (χ1) is 13.2. The van der Waals surface area contributed by atoms with Crippen LogP contribution in [0.3, 0.4) is 0 Å². The van der Waals surface area contributed by atoms with Crippen molar-refractivity contribution in [3.05, 3.63) is 67.0 Å². The van der Waals surface area contributed by atoms with Gasteiger partial charge in [-0.2, -0.15) is 0 Å². The lowest BCUT2D eigenvalue weighted by Gasteiger charge is -2.20. The van der Waals surface area contributed by atoms with Crippen molar-refractivity contribution in [1.29, 1.82) is 0 Å². The van der Waals surface area contributed by atoms with Crippen LogP contribution in [0.25, 0.3) is 16.9 Å². The average molecular weight is 360 g/mol. The van der Waals surface area contributed by atoms with Crippen molar-refractivity contribution in [1.82, 2.24) is 14.4 Å². The second kappa shape index (κ2) is 6.99. The van der Waals surface area contributed by atoms with E-state index in [4.69, 9.17) is 14.5 Å². The molecular weight excluding hydrogens is 340 g/mol. The predicted octanol–water partition coefficient (Wildman–Crippen LogP) is 4.18. The van der Waals surface area contributed by atoms with Crippen LogP contribution in [0.2, 0.25) is 0 Å². The maximum absolute atomic E-state index is 5.43. The summed E-state index contributed by atoms with van der Waals surface area (Å²) in [4.78, 5) is 11.4. The lowest BCUT2D eigenvalue weighted by atomic mass is 10.1. The Morgan fingerprint density at radius 1 is 0.926 bits per heavy atom. The van der Waals surface area contributed by atoms with E-state index in [2.05, 4.69) is 4.98 Å². The lowest BCUT2D eigenvalue weighted by Crippen LogP contribution is -2.15. The van der Waals surface area contributed by atoms with Gasteiger partial charge in [0.05, 0.1) is 19.9 Å². The van der Waals surface area contributed by atoms with Crippen molar-refractivity contribution >= 4 is 17.3 Å². The first-order valence-electron chi connectivity index (χ1n) is 8.56. The Bertz CT molecular complexity index is 1080. The molecule has 0 unspecified atom stereocenters. The first-order valence-corrected chi connectivity index (χ1v) is 8.56. The van der Waals surface area contributed by atoms with Gasteiger partial charge < -0.3 is 14.4 Å². The third-order valence-corrected chi connectivity index (χ3v) is 4.49. The second-order valence-corrected chi connectivity index (χ2v) is 6.06. The zero-order valence-electron chi connectivity index (χ0n) is 15.5. The average Bonchev–Trinajstić information content (AvgIpc) is 3.21. The summed E-state index contributed by atoms with van der Waals surface area (Å²) in [5, 5.41) is 0. The number of hydrogen-bond donors (Lipinski definition) is 0. The van der Waals surface area contributed by atoms with Crippen molar-refractivity contribution < 1.29 is 9.47 Å². The second-order valence-electron chi connectivity index (χ2n) is 6.06. The highest BCUT2D eigenvalue weighted by molar-refractivity contribution is 5.70. The third-order valence-electron chi connectivity index (χ3n) is 4.49. The van der Waals surface area contributed by atoms with Gasteiger partial charge in [-0.15, -0.1) is 0 Å². The molecule has 0 aliphatic carbocycles. The van der Waals surface area contributed by atoms with E-state index in [1.54, 1.807) is 20.4 Å². The number of nitrogens with zero attached hydrogens (tertiary/aromatic N) is 4.